The molecule has 0 radical (unpaired) electrons. The first-order valence-electron chi connectivity index (χ1n) is 7.92. The molecule has 1 N–H and O–H groups in total. The van der Waals surface area contributed by atoms with E-state index < -0.39 is 21.7 Å². The molecule has 1 aliphatic rings. The van der Waals surface area contributed by atoms with E-state index in [0.29, 0.717) is 5.56 Å². The van der Waals surface area contributed by atoms with Gasteiger partial charge in [0.2, 0.25) is 10.0 Å². The normalized spacial score (nSPS) is 14.2. The maximum absolute atomic E-state index is 13.7. The lowest BCUT2D eigenvalue weighted by molar-refractivity contribution is 0.102. The molecule has 0 heterocycles. The number of hydrogen-bond acceptors (Lipinski definition) is 3. The van der Waals surface area contributed by atoms with Crippen molar-refractivity contribution < 1.29 is 17.6 Å². The summed E-state index contributed by atoms with van der Waals surface area (Å²) in [6.07, 6.45) is 2.60. The predicted molar refractivity (Wildman–Crippen MR) is 95.9 cm³/mol. The zero-order chi connectivity index (χ0) is 18.2. The van der Waals surface area contributed by atoms with Crippen molar-refractivity contribution in [2.45, 2.75) is 25.8 Å². The van der Waals surface area contributed by atoms with Crippen molar-refractivity contribution in [3.63, 3.8) is 0 Å². The summed E-state index contributed by atoms with van der Waals surface area (Å²) in [5, 5.41) is 2.65. The Bertz CT molecular complexity index is 924. The van der Waals surface area contributed by atoms with Gasteiger partial charge < -0.3 is 5.32 Å². The van der Waals surface area contributed by atoms with Crippen molar-refractivity contribution in [2.24, 2.45) is 0 Å². The summed E-state index contributed by atoms with van der Waals surface area (Å²) in [5.74, 6) is -0.965. The van der Waals surface area contributed by atoms with Crippen molar-refractivity contribution in [2.75, 3.05) is 15.9 Å². The van der Waals surface area contributed by atoms with E-state index in [2.05, 4.69) is 5.32 Å². The van der Waals surface area contributed by atoms with Crippen LogP contribution in [0.5, 0.6) is 0 Å². The van der Waals surface area contributed by atoms with E-state index >= 15 is 0 Å². The Kier molecular flexibility index (Phi) is 4.51. The molecule has 0 saturated heterocycles. The topological polar surface area (TPSA) is 66.5 Å². The number of amides is 1. The van der Waals surface area contributed by atoms with Gasteiger partial charge in [-0.05, 0) is 50.1 Å². The average Bonchev–Trinajstić information content (AvgIpc) is 3.33. The van der Waals surface area contributed by atoms with Crippen LogP contribution in [0.2, 0.25) is 0 Å². The molecule has 1 aliphatic carbocycles. The fraction of sp³-hybridized carbons (Fsp3) is 0.278. The number of benzene rings is 2. The number of nitrogens with one attached hydrogen (secondary N) is 1. The van der Waals surface area contributed by atoms with Gasteiger partial charge in [0, 0.05) is 11.6 Å². The summed E-state index contributed by atoms with van der Waals surface area (Å²) in [4.78, 5) is 12.5. The predicted octanol–water partition coefficient (Wildman–Crippen LogP) is 3.31. The van der Waals surface area contributed by atoms with Crippen molar-refractivity contribution >= 4 is 27.3 Å². The Morgan fingerprint density at radius 2 is 1.92 bits per heavy atom. The lowest BCUT2D eigenvalue weighted by Crippen LogP contribution is -2.33. The second-order valence-corrected chi connectivity index (χ2v) is 8.13. The van der Waals surface area contributed by atoms with E-state index in [-0.39, 0.29) is 17.4 Å². The number of halogens is 1. The molecule has 0 aliphatic heterocycles. The Morgan fingerprint density at radius 3 is 2.52 bits per heavy atom. The summed E-state index contributed by atoms with van der Waals surface area (Å²) < 4.78 is 39.3. The third kappa shape index (κ3) is 3.99. The number of anilines is 2. The van der Waals surface area contributed by atoms with Gasteiger partial charge in [0.1, 0.15) is 5.82 Å². The number of hydrogen-bond donors (Lipinski definition) is 1. The molecule has 1 fully saturated rings. The fourth-order valence-corrected chi connectivity index (χ4v) is 4.01. The van der Waals surface area contributed by atoms with Crippen molar-refractivity contribution in [3.8, 4) is 0 Å². The standard InChI is InChI=1S/C18H19FN2O3S/c1-12-4-3-5-13(10-12)18(22)20-16-11-14(19)6-9-17(16)21(15-7-8-15)25(2,23)24/h3-6,9-11,15H,7-8H2,1-2H3,(H,20,22). The molecule has 0 aromatic heterocycles. The van der Waals surface area contributed by atoms with Crippen LogP contribution in [0.1, 0.15) is 28.8 Å². The largest absolute Gasteiger partial charge is 0.320 e. The van der Waals surface area contributed by atoms with E-state index in [4.69, 9.17) is 0 Å². The first-order valence-corrected chi connectivity index (χ1v) is 9.77. The molecule has 0 spiro atoms. The summed E-state index contributed by atoms with van der Waals surface area (Å²) in [5.41, 5.74) is 1.77. The Balaban J connectivity index is 1.98. The highest BCUT2D eigenvalue weighted by molar-refractivity contribution is 7.92. The maximum Gasteiger partial charge on any atom is 0.255 e. The zero-order valence-electron chi connectivity index (χ0n) is 14.0. The van der Waals surface area contributed by atoms with E-state index in [1.165, 1.54) is 16.4 Å². The van der Waals surface area contributed by atoms with E-state index in [0.717, 1.165) is 30.7 Å². The first-order chi connectivity index (χ1) is 11.8. The minimum atomic E-state index is -3.54. The van der Waals surface area contributed by atoms with Gasteiger partial charge in [-0.2, -0.15) is 0 Å². The fourth-order valence-electron chi connectivity index (χ4n) is 2.74. The van der Waals surface area contributed by atoms with Crippen molar-refractivity contribution in [1.29, 1.82) is 0 Å². The number of carbonyl (C=O) groups excluding carboxylic acids is 1. The second kappa shape index (κ2) is 6.48. The van der Waals surface area contributed by atoms with Crippen molar-refractivity contribution in [3.05, 3.63) is 59.4 Å². The molecule has 0 unspecified atom stereocenters. The molecule has 0 bridgehead atoms. The molecular formula is C18H19FN2O3S. The molecule has 2 aromatic carbocycles. The molecule has 1 amide bonds. The minimum Gasteiger partial charge on any atom is -0.320 e. The van der Waals surface area contributed by atoms with Gasteiger partial charge in [0.25, 0.3) is 5.91 Å². The molecule has 25 heavy (non-hydrogen) atoms. The number of carbonyl (C=O) groups is 1. The number of rotatable bonds is 5. The minimum absolute atomic E-state index is 0.142. The number of sulfonamides is 1. The molecular weight excluding hydrogens is 343 g/mol. The number of aryl methyl sites for hydroxylation is 1. The smallest absolute Gasteiger partial charge is 0.255 e. The van der Waals surface area contributed by atoms with Gasteiger partial charge >= 0.3 is 0 Å². The van der Waals surface area contributed by atoms with Crippen LogP contribution >= 0.6 is 0 Å². The highest BCUT2D eigenvalue weighted by Crippen LogP contribution is 2.38. The summed E-state index contributed by atoms with van der Waals surface area (Å²) in [7, 11) is -3.54. The monoisotopic (exact) mass is 362 g/mol. The van der Waals surface area contributed by atoms with Crippen LogP contribution in [0.15, 0.2) is 42.5 Å². The summed E-state index contributed by atoms with van der Waals surface area (Å²) in [6.45, 7) is 1.86. The van der Waals surface area contributed by atoms with E-state index in [1.807, 2.05) is 13.0 Å². The maximum atomic E-state index is 13.7. The molecule has 3 rings (SSSR count). The molecule has 132 valence electrons. The highest BCUT2D eigenvalue weighted by atomic mass is 32.2. The highest BCUT2D eigenvalue weighted by Gasteiger charge is 2.36. The molecule has 2 aromatic rings. The lowest BCUT2D eigenvalue weighted by Gasteiger charge is -2.25. The van der Waals surface area contributed by atoms with Gasteiger partial charge in [-0.1, -0.05) is 17.7 Å². The lowest BCUT2D eigenvalue weighted by atomic mass is 10.1. The van der Waals surface area contributed by atoms with Crippen LogP contribution < -0.4 is 9.62 Å². The van der Waals surface area contributed by atoms with Crippen LogP contribution in [0.3, 0.4) is 0 Å². The Morgan fingerprint density at radius 1 is 1.20 bits per heavy atom. The quantitative estimate of drug-likeness (QED) is 0.887. The third-order valence-corrected chi connectivity index (χ3v) is 5.17. The SMILES string of the molecule is Cc1cccc(C(=O)Nc2cc(F)ccc2N(C2CC2)S(C)(=O)=O)c1. The van der Waals surface area contributed by atoms with Crippen LogP contribution in [-0.4, -0.2) is 26.6 Å². The Labute approximate surface area is 146 Å². The average molecular weight is 362 g/mol. The zero-order valence-corrected chi connectivity index (χ0v) is 14.8. The van der Waals surface area contributed by atoms with Gasteiger partial charge in [0.05, 0.1) is 17.6 Å². The van der Waals surface area contributed by atoms with Crippen LogP contribution in [0, 0.1) is 12.7 Å². The van der Waals surface area contributed by atoms with Crippen LogP contribution in [-0.2, 0) is 10.0 Å². The van der Waals surface area contributed by atoms with Crippen molar-refractivity contribution in [1.82, 2.24) is 0 Å². The number of nitrogens with zero attached hydrogens (tertiary/aromatic N) is 1. The molecule has 5 nitrogen and oxygen atoms in total. The third-order valence-electron chi connectivity index (χ3n) is 3.96. The van der Waals surface area contributed by atoms with Gasteiger partial charge in [0.15, 0.2) is 0 Å². The van der Waals surface area contributed by atoms with Gasteiger partial charge in [-0.15, -0.1) is 0 Å². The van der Waals surface area contributed by atoms with Crippen LogP contribution in [0.25, 0.3) is 0 Å². The summed E-state index contributed by atoms with van der Waals surface area (Å²) >= 11 is 0. The first kappa shape index (κ1) is 17.4. The molecule has 7 heteroatoms. The molecule has 0 atom stereocenters. The van der Waals surface area contributed by atoms with Crippen LogP contribution in [0.4, 0.5) is 15.8 Å². The van der Waals surface area contributed by atoms with Gasteiger partial charge in [-0.25, -0.2) is 12.8 Å². The van der Waals surface area contributed by atoms with Gasteiger partial charge in [-0.3, -0.25) is 9.10 Å². The second-order valence-electron chi connectivity index (χ2n) is 6.28. The summed E-state index contributed by atoms with van der Waals surface area (Å²) in [6, 6.07) is 10.6. The van der Waals surface area contributed by atoms with E-state index in [1.54, 1.807) is 18.2 Å². The molecule has 1 saturated carbocycles. The Hall–Kier alpha value is -2.41. The van der Waals surface area contributed by atoms with E-state index in [9.17, 15) is 17.6 Å².